The lowest BCUT2D eigenvalue weighted by molar-refractivity contribution is -0.129. The summed E-state index contributed by atoms with van der Waals surface area (Å²) in [5.74, 6) is -0.843. The highest BCUT2D eigenvalue weighted by Crippen LogP contribution is 2.14. The molecule has 2 rings (SSSR count). The van der Waals surface area contributed by atoms with E-state index in [2.05, 4.69) is 21.2 Å². The van der Waals surface area contributed by atoms with E-state index in [1.807, 2.05) is 13.0 Å². The van der Waals surface area contributed by atoms with Crippen LogP contribution < -0.4 is 5.32 Å². The zero-order chi connectivity index (χ0) is 15.5. The van der Waals surface area contributed by atoms with Crippen molar-refractivity contribution < 1.29 is 13.2 Å². The fourth-order valence-corrected chi connectivity index (χ4v) is 4.16. The number of carbonyl (C=O) groups excluding carboxylic acids is 1. The van der Waals surface area contributed by atoms with Gasteiger partial charge in [0.15, 0.2) is 9.84 Å². The predicted molar refractivity (Wildman–Crippen MR) is 85.7 cm³/mol. The molecular formula is C14H19BrN2O3S. The van der Waals surface area contributed by atoms with Crippen molar-refractivity contribution in [3.05, 3.63) is 34.3 Å². The first-order valence-electron chi connectivity index (χ1n) is 6.82. The van der Waals surface area contributed by atoms with Crippen molar-refractivity contribution in [2.24, 2.45) is 0 Å². The Labute approximate surface area is 133 Å². The molecule has 1 amide bonds. The van der Waals surface area contributed by atoms with Crippen LogP contribution >= 0.6 is 15.9 Å². The van der Waals surface area contributed by atoms with E-state index in [0.717, 1.165) is 4.47 Å². The molecule has 7 heteroatoms. The van der Waals surface area contributed by atoms with Crippen molar-refractivity contribution in [2.75, 3.05) is 25.4 Å². The number of benzene rings is 1. The topological polar surface area (TPSA) is 66.5 Å². The van der Waals surface area contributed by atoms with Crippen molar-refractivity contribution >= 4 is 31.7 Å². The molecule has 0 bridgehead atoms. The quantitative estimate of drug-likeness (QED) is 0.859. The molecule has 21 heavy (non-hydrogen) atoms. The molecule has 5 nitrogen and oxygen atoms in total. The molecule has 1 fully saturated rings. The molecular weight excluding hydrogens is 356 g/mol. The molecule has 0 spiro atoms. The van der Waals surface area contributed by atoms with Gasteiger partial charge in [-0.15, -0.1) is 0 Å². The zero-order valence-electron chi connectivity index (χ0n) is 11.9. The van der Waals surface area contributed by atoms with Crippen LogP contribution in [-0.2, 0) is 20.4 Å². The number of piperazine rings is 1. The minimum absolute atomic E-state index is 0.111. The molecule has 1 aliphatic heterocycles. The lowest BCUT2D eigenvalue weighted by Crippen LogP contribution is -2.52. The van der Waals surface area contributed by atoms with Gasteiger partial charge in [-0.2, -0.15) is 0 Å². The maximum absolute atomic E-state index is 12.2. The van der Waals surface area contributed by atoms with Crippen molar-refractivity contribution in [1.82, 2.24) is 10.2 Å². The summed E-state index contributed by atoms with van der Waals surface area (Å²) < 4.78 is 25.2. The van der Waals surface area contributed by atoms with Gasteiger partial charge >= 0.3 is 0 Å². The van der Waals surface area contributed by atoms with Gasteiger partial charge in [0.2, 0.25) is 5.91 Å². The molecule has 1 aromatic rings. The van der Waals surface area contributed by atoms with Gasteiger partial charge in [0.1, 0.15) is 5.75 Å². The van der Waals surface area contributed by atoms with E-state index >= 15 is 0 Å². The molecule has 0 aliphatic carbocycles. The molecule has 1 heterocycles. The first-order valence-corrected chi connectivity index (χ1v) is 9.43. The maximum Gasteiger partial charge on any atom is 0.237 e. The molecule has 116 valence electrons. The van der Waals surface area contributed by atoms with E-state index < -0.39 is 15.6 Å². The van der Waals surface area contributed by atoms with Gasteiger partial charge in [-0.1, -0.05) is 28.1 Å². The number of hydrogen-bond donors (Lipinski definition) is 1. The zero-order valence-corrected chi connectivity index (χ0v) is 14.3. The third-order valence-electron chi connectivity index (χ3n) is 3.34. The monoisotopic (exact) mass is 374 g/mol. The van der Waals surface area contributed by atoms with Crippen molar-refractivity contribution in [3.8, 4) is 0 Å². The highest BCUT2D eigenvalue weighted by molar-refractivity contribution is 9.10. The van der Waals surface area contributed by atoms with Crippen LogP contribution in [0.2, 0.25) is 0 Å². The molecule has 1 aliphatic rings. The van der Waals surface area contributed by atoms with E-state index in [1.54, 1.807) is 23.1 Å². The SMILES string of the molecule is C[C@@H]1CN(C(=O)CS(=O)(=O)Cc2cccc(Br)c2)CCN1. The lowest BCUT2D eigenvalue weighted by Gasteiger charge is -2.31. The second-order valence-electron chi connectivity index (χ2n) is 5.36. The molecule has 0 saturated carbocycles. The van der Waals surface area contributed by atoms with Crippen LogP contribution in [0.1, 0.15) is 12.5 Å². The first kappa shape index (κ1) is 16.5. The van der Waals surface area contributed by atoms with Gasteiger partial charge in [-0.05, 0) is 24.6 Å². The molecule has 1 saturated heterocycles. The fourth-order valence-electron chi connectivity index (χ4n) is 2.37. The van der Waals surface area contributed by atoms with Gasteiger partial charge < -0.3 is 10.2 Å². The predicted octanol–water partition coefficient (Wildman–Crippen LogP) is 1.18. The first-order chi connectivity index (χ1) is 9.85. The van der Waals surface area contributed by atoms with Crippen LogP contribution in [0.4, 0.5) is 0 Å². The number of rotatable bonds is 4. The standard InChI is InChI=1S/C14H19BrN2O3S/c1-11-8-17(6-5-16-11)14(18)10-21(19,20)9-12-3-2-4-13(15)7-12/h2-4,7,11,16H,5-6,8-10H2,1H3/t11-/m1/s1. The molecule has 1 N–H and O–H groups in total. The van der Waals surface area contributed by atoms with E-state index in [4.69, 9.17) is 0 Å². The number of carbonyl (C=O) groups is 1. The second kappa shape index (κ2) is 6.89. The molecule has 0 aromatic heterocycles. The third kappa shape index (κ3) is 5.09. The number of amides is 1. The summed E-state index contributed by atoms with van der Waals surface area (Å²) in [6.07, 6.45) is 0. The summed E-state index contributed by atoms with van der Waals surface area (Å²) in [6, 6.07) is 7.34. The van der Waals surface area contributed by atoms with Crippen LogP contribution in [0.5, 0.6) is 0 Å². The van der Waals surface area contributed by atoms with Crippen molar-refractivity contribution in [1.29, 1.82) is 0 Å². The van der Waals surface area contributed by atoms with E-state index in [-0.39, 0.29) is 17.7 Å². The van der Waals surface area contributed by atoms with Gasteiger partial charge in [0.25, 0.3) is 0 Å². The summed E-state index contributed by atoms with van der Waals surface area (Å²) in [5, 5.41) is 3.23. The van der Waals surface area contributed by atoms with Crippen LogP contribution in [0, 0.1) is 0 Å². The number of hydrogen-bond acceptors (Lipinski definition) is 4. The highest BCUT2D eigenvalue weighted by atomic mass is 79.9. The minimum atomic E-state index is -3.45. The van der Waals surface area contributed by atoms with E-state index in [0.29, 0.717) is 25.2 Å². The van der Waals surface area contributed by atoms with Crippen LogP contribution in [0.15, 0.2) is 28.7 Å². The van der Waals surface area contributed by atoms with Gasteiger partial charge in [-0.25, -0.2) is 8.42 Å². The van der Waals surface area contributed by atoms with Gasteiger partial charge in [0.05, 0.1) is 5.75 Å². The number of nitrogens with one attached hydrogen (secondary N) is 1. The van der Waals surface area contributed by atoms with Gasteiger partial charge in [-0.3, -0.25) is 4.79 Å². The Morgan fingerprint density at radius 1 is 1.48 bits per heavy atom. The maximum atomic E-state index is 12.2. The van der Waals surface area contributed by atoms with Crippen molar-refractivity contribution in [2.45, 2.75) is 18.7 Å². The Kier molecular flexibility index (Phi) is 5.40. The van der Waals surface area contributed by atoms with Crippen LogP contribution in [-0.4, -0.2) is 50.7 Å². The van der Waals surface area contributed by atoms with Gasteiger partial charge in [0, 0.05) is 30.1 Å². The van der Waals surface area contributed by atoms with Crippen molar-refractivity contribution in [3.63, 3.8) is 0 Å². The third-order valence-corrected chi connectivity index (χ3v) is 5.29. The Hall–Kier alpha value is -0.920. The summed E-state index contributed by atoms with van der Waals surface area (Å²) >= 11 is 3.31. The Morgan fingerprint density at radius 2 is 2.24 bits per heavy atom. The van der Waals surface area contributed by atoms with Crippen LogP contribution in [0.3, 0.4) is 0 Å². The number of sulfone groups is 1. The lowest BCUT2D eigenvalue weighted by atomic mass is 10.2. The highest BCUT2D eigenvalue weighted by Gasteiger charge is 2.25. The fraction of sp³-hybridized carbons (Fsp3) is 0.500. The molecule has 0 unspecified atom stereocenters. The Balaban J connectivity index is 1.98. The summed E-state index contributed by atoms with van der Waals surface area (Å²) in [5.41, 5.74) is 0.686. The minimum Gasteiger partial charge on any atom is -0.339 e. The Bertz CT molecular complexity index is 618. The Morgan fingerprint density at radius 3 is 2.90 bits per heavy atom. The number of halogens is 1. The average molecular weight is 375 g/mol. The second-order valence-corrected chi connectivity index (χ2v) is 8.34. The molecule has 0 radical (unpaired) electrons. The smallest absolute Gasteiger partial charge is 0.237 e. The van der Waals surface area contributed by atoms with E-state index in [9.17, 15) is 13.2 Å². The summed E-state index contributed by atoms with van der Waals surface area (Å²) in [4.78, 5) is 13.8. The largest absolute Gasteiger partial charge is 0.339 e. The van der Waals surface area contributed by atoms with Crippen LogP contribution in [0.25, 0.3) is 0 Å². The molecule has 1 aromatic carbocycles. The number of nitrogens with zero attached hydrogens (tertiary/aromatic N) is 1. The summed E-state index contributed by atoms with van der Waals surface area (Å²) in [7, 11) is -3.45. The van der Waals surface area contributed by atoms with E-state index in [1.165, 1.54) is 0 Å². The average Bonchev–Trinajstić information content (AvgIpc) is 2.37. The molecule has 1 atom stereocenters. The normalized spacial score (nSPS) is 19.5. The summed E-state index contributed by atoms with van der Waals surface area (Å²) in [6.45, 7) is 3.81.